The van der Waals surface area contributed by atoms with E-state index in [4.69, 9.17) is 0 Å². The number of benzene rings is 7. The molecule has 7 aromatic rings. The summed E-state index contributed by atoms with van der Waals surface area (Å²) in [5.41, 5.74) is 3.83. The van der Waals surface area contributed by atoms with Crippen LogP contribution in [-0.4, -0.2) is 42.9 Å². The Labute approximate surface area is 359 Å². The molecule has 7 aromatic carbocycles. The summed E-state index contributed by atoms with van der Waals surface area (Å²) in [6.45, 7) is 1.78. The second-order valence-electron chi connectivity index (χ2n) is 12.9. The first-order chi connectivity index (χ1) is 27.6. The van der Waals surface area contributed by atoms with Crippen LogP contribution in [0.5, 0.6) is 5.75 Å². The van der Waals surface area contributed by atoms with Crippen molar-refractivity contribution in [2.24, 2.45) is 20.5 Å². The van der Waals surface area contributed by atoms with Gasteiger partial charge in [0.05, 0.1) is 32.5 Å². The summed E-state index contributed by atoms with van der Waals surface area (Å²) in [4.78, 5) is 24.5. The van der Waals surface area contributed by atoms with Crippen LogP contribution in [0.3, 0.4) is 0 Å². The maximum absolute atomic E-state index is 13.0. The zero-order valence-corrected chi connectivity index (χ0v) is 34.7. The standard InChI is InChI=1S/C41H30N6O9S2.Na/c1-24-19-29(43-41(50)26-7-9-28(10-8-26)42-40(49)25-5-3-2-4-6-25)12-16-36(24)45-47-37-17-18-38(35-22-31(57(51,52)53)13-15-34(35)37)46-44-30-11-14-33-27(20-30)21-32(23-39(33)48)58(54,55)56;/h2-23,48H,1H3,(H,42,49)(H,43,50)(H,51,52,53)(H,54,55,56);/q;+1. The molecule has 59 heavy (non-hydrogen) atoms. The summed E-state index contributed by atoms with van der Waals surface area (Å²) < 4.78 is 66.7. The van der Waals surface area contributed by atoms with Crippen molar-refractivity contribution < 1.29 is 70.2 Å². The molecule has 2 amide bonds. The fourth-order valence-electron chi connectivity index (χ4n) is 5.92. The van der Waals surface area contributed by atoms with Crippen molar-refractivity contribution in [3.05, 3.63) is 150 Å². The number of nitrogens with zero attached hydrogens (tertiary/aromatic N) is 4. The second kappa shape index (κ2) is 17.4. The molecule has 0 aliphatic carbocycles. The van der Waals surface area contributed by atoms with Crippen molar-refractivity contribution in [3.63, 3.8) is 0 Å². The van der Waals surface area contributed by atoms with Crippen LogP contribution >= 0.6 is 0 Å². The number of aromatic hydroxyl groups is 1. The number of anilines is 2. The number of azo groups is 2. The van der Waals surface area contributed by atoms with Gasteiger partial charge >= 0.3 is 29.6 Å². The molecule has 0 saturated carbocycles. The molecule has 15 nitrogen and oxygen atoms in total. The van der Waals surface area contributed by atoms with Crippen LogP contribution in [0.15, 0.2) is 164 Å². The molecule has 0 aliphatic rings. The number of hydrogen-bond donors (Lipinski definition) is 5. The van der Waals surface area contributed by atoms with E-state index in [1.165, 1.54) is 48.5 Å². The van der Waals surface area contributed by atoms with Crippen LogP contribution in [-0.2, 0) is 20.2 Å². The molecule has 0 spiro atoms. The number of fused-ring (bicyclic) bond motifs is 2. The van der Waals surface area contributed by atoms with Gasteiger partial charge in [0.15, 0.2) is 0 Å². The van der Waals surface area contributed by atoms with E-state index >= 15 is 0 Å². The third-order valence-corrected chi connectivity index (χ3v) is 10.5. The quantitative estimate of drug-likeness (QED) is 0.0550. The topological polar surface area (TPSA) is 237 Å². The predicted molar refractivity (Wildman–Crippen MR) is 218 cm³/mol. The number of phenolic OH excluding ortho intramolecular Hbond substituents is 1. The fourth-order valence-corrected chi connectivity index (χ4v) is 6.96. The van der Waals surface area contributed by atoms with E-state index < -0.39 is 30.0 Å². The van der Waals surface area contributed by atoms with E-state index in [1.54, 1.807) is 79.7 Å². The Balaban J connectivity index is 0.00000585. The summed E-state index contributed by atoms with van der Waals surface area (Å²) in [6.07, 6.45) is 0. The van der Waals surface area contributed by atoms with Gasteiger partial charge in [0.25, 0.3) is 32.1 Å². The number of aryl methyl sites for hydroxylation is 1. The number of carbonyl (C=O) groups is 2. The van der Waals surface area contributed by atoms with E-state index in [0.29, 0.717) is 50.2 Å². The SMILES string of the molecule is Cc1cc(NC(=O)c2ccc(NC(=O)c3ccccc3)cc2)ccc1N=Nc1ccc(N=Nc2ccc3c(O)cc(S(=O)(=O)O)cc3c2)c2cc(S(=O)(=O)O)ccc12.[Na+]. The Bertz CT molecular complexity index is 3070. The molecule has 0 aliphatic heterocycles. The average Bonchev–Trinajstić information content (AvgIpc) is 3.19. The second-order valence-corrected chi connectivity index (χ2v) is 15.7. The molecule has 5 N–H and O–H groups in total. The van der Waals surface area contributed by atoms with Gasteiger partial charge in [0, 0.05) is 44.7 Å². The first-order valence-corrected chi connectivity index (χ1v) is 20.0. The molecule has 290 valence electrons. The van der Waals surface area contributed by atoms with Gasteiger partial charge in [-0.05, 0) is 121 Å². The minimum absolute atomic E-state index is 0. The summed E-state index contributed by atoms with van der Waals surface area (Å²) in [7, 11) is -9.21. The van der Waals surface area contributed by atoms with Crippen LogP contribution in [0.4, 0.5) is 34.1 Å². The minimum atomic E-state index is -4.61. The summed E-state index contributed by atoms with van der Waals surface area (Å²) >= 11 is 0. The zero-order valence-electron chi connectivity index (χ0n) is 31.1. The molecule has 0 heterocycles. The molecule has 7 rings (SSSR count). The van der Waals surface area contributed by atoms with Crippen molar-refractivity contribution in [1.29, 1.82) is 0 Å². The zero-order chi connectivity index (χ0) is 41.2. The predicted octanol–water partition coefficient (Wildman–Crippen LogP) is 6.84. The third-order valence-electron chi connectivity index (χ3n) is 8.86. The Hall–Kier alpha value is -6.18. The van der Waals surface area contributed by atoms with Gasteiger partial charge < -0.3 is 15.7 Å². The monoisotopic (exact) mass is 837 g/mol. The van der Waals surface area contributed by atoms with Crippen LogP contribution in [0.25, 0.3) is 21.5 Å². The molecule has 0 atom stereocenters. The molecule has 0 radical (unpaired) electrons. The van der Waals surface area contributed by atoms with Gasteiger partial charge in [0.1, 0.15) is 5.75 Å². The average molecular weight is 838 g/mol. The van der Waals surface area contributed by atoms with Crippen LogP contribution < -0.4 is 40.2 Å². The Morgan fingerprint density at radius 2 is 1.08 bits per heavy atom. The van der Waals surface area contributed by atoms with Gasteiger partial charge in [-0.3, -0.25) is 18.7 Å². The van der Waals surface area contributed by atoms with E-state index in [-0.39, 0.29) is 69.3 Å². The number of nitrogens with one attached hydrogen (secondary N) is 2. The Kier molecular flexibility index (Phi) is 12.5. The fraction of sp³-hybridized carbons (Fsp3) is 0.0244. The maximum atomic E-state index is 13.0. The summed E-state index contributed by atoms with van der Waals surface area (Å²) in [5.74, 6) is -1.00. The van der Waals surface area contributed by atoms with Gasteiger partial charge in [-0.2, -0.15) is 27.1 Å². The molecule has 18 heteroatoms. The largest absolute Gasteiger partial charge is 1.00 e. The Morgan fingerprint density at radius 3 is 1.75 bits per heavy atom. The minimum Gasteiger partial charge on any atom is -0.507 e. The number of phenols is 1. The number of hydrogen-bond acceptors (Lipinski definition) is 11. The van der Waals surface area contributed by atoms with E-state index in [2.05, 4.69) is 31.1 Å². The van der Waals surface area contributed by atoms with Crippen molar-refractivity contribution in [1.82, 2.24) is 0 Å². The van der Waals surface area contributed by atoms with Crippen LogP contribution in [0, 0.1) is 6.92 Å². The first kappa shape index (κ1) is 42.4. The molecular formula is C41H30N6NaO9S2+. The third kappa shape index (κ3) is 9.93. The van der Waals surface area contributed by atoms with Gasteiger partial charge in [-0.1, -0.05) is 24.3 Å². The number of carbonyl (C=O) groups excluding carboxylic acids is 2. The molecule has 0 unspecified atom stereocenters. The van der Waals surface area contributed by atoms with E-state index in [9.17, 15) is 40.6 Å². The van der Waals surface area contributed by atoms with Crippen molar-refractivity contribution in [2.45, 2.75) is 16.7 Å². The van der Waals surface area contributed by atoms with Crippen molar-refractivity contribution >= 4 is 87.7 Å². The molecular weight excluding hydrogens is 808 g/mol. The maximum Gasteiger partial charge on any atom is 1.00 e. The van der Waals surface area contributed by atoms with Gasteiger partial charge in [-0.25, -0.2) is 0 Å². The van der Waals surface area contributed by atoms with Gasteiger partial charge in [0.2, 0.25) is 0 Å². The smallest absolute Gasteiger partial charge is 0.507 e. The molecule has 0 saturated heterocycles. The number of amides is 2. The van der Waals surface area contributed by atoms with Crippen molar-refractivity contribution in [3.8, 4) is 5.75 Å². The first-order valence-electron chi connectivity index (χ1n) is 17.1. The van der Waals surface area contributed by atoms with Crippen molar-refractivity contribution in [2.75, 3.05) is 10.6 Å². The Morgan fingerprint density at radius 1 is 0.525 bits per heavy atom. The molecule has 0 bridgehead atoms. The normalized spacial score (nSPS) is 11.8. The summed E-state index contributed by atoms with van der Waals surface area (Å²) in [6, 6.07) is 33.8. The van der Waals surface area contributed by atoms with E-state index in [0.717, 1.165) is 6.07 Å². The van der Waals surface area contributed by atoms with E-state index in [1.807, 2.05) is 6.07 Å². The van der Waals surface area contributed by atoms with Crippen LogP contribution in [0.2, 0.25) is 0 Å². The van der Waals surface area contributed by atoms with Crippen LogP contribution in [0.1, 0.15) is 26.3 Å². The number of rotatable bonds is 10. The summed E-state index contributed by atoms with van der Waals surface area (Å²) in [5, 5.41) is 34.4. The van der Waals surface area contributed by atoms with Gasteiger partial charge in [-0.15, -0.1) is 10.2 Å². The molecule has 0 fully saturated rings. The molecule has 0 aromatic heterocycles.